The summed E-state index contributed by atoms with van der Waals surface area (Å²) in [6.45, 7) is 0. The highest BCUT2D eigenvalue weighted by molar-refractivity contribution is 7.92. The van der Waals surface area contributed by atoms with Gasteiger partial charge in [0.05, 0.1) is 15.5 Å². The number of sulfonamides is 1. The summed E-state index contributed by atoms with van der Waals surface area (Å²) < 4.78 is 26.9. The van der Waals surface area contributed by atoms with Gasteiger partial charge in [0.2, 0.25) is 0 Å². The summed E-state index contributed by atoms with van der Waals surface area (Å²) in [5.41, 5.74) is 0.103. The molecule has 29 heavy (non-hydrogen) atoms. The van der Waals surface area contributed by atoms with Crippen LogP contribution in [0.5, 0.6) is 0 Å². The Hall–Kier alpha value is -3.79. The highest BCUT2D eigenvalue weighted by Crippen LogP contribution is 2.25. The number of anilines is 2. The quantitative estimate of drug-likeness (QED) is 0.490. The zero-order chi connectivity index (χ0) is 21.0. The summed E-state index contributed by atoms with van der Waals surface area (Å²) in [4.78, 5) is 26.5. The van der Waals surface area contributed by atoms with Gasteiger partial charge < -0.3 is 5.32 Å². The Morgan fingerprint density at radius 1 is 1.10 bits per heavy atom. The number of hydrogen-bond acceptors (Lipinski definition) is 6. The molecule has 0 fully saturated rings. The van der Waals surface area contributed by atoms with Crippen LogP contribution >= 0.6 is 0 Å². The second-order valence-electron chi connectivity index (χ2n) is 5.94. The fourth-order valence-corrected chi connectivity index (χ4v) is 3.81. The van der Waals surface area contributed by atoms with Gasteiger partial charge in [0.1, 0.15) is 11.9 Å². The molecule has 0 aliphatic heterocycles. The Bertz CT molecular complexity index is 1170. The van der Waals surface area contributed by atoms with Gasteiger partial charge in [-0.2, -0.15) is 0 Å². The predicted molar refractivity (Wildman–Crippen MR) is 107 cm³/mol. The maximum atomic E-state index is 12.9. The number of benzene rings is 2. The Morgan fingerprint density at radius 3 is 2.52 bits per heavy atom. The first-order valence-corrected chi connectivity index (χ1v) is 9.78. The molecule has 0 saturated carbocycles. The van der Waals surface area contributed by atoms with Crippen molar-refractivity contribution in [3.05, 3.63) is 88.7 Å². The zero-order valence-electron chi connectivity index (χ0n) is 15.2. The van der Waals surface area contributed by atoms with Gasteiger partial charge in [-0.15, -0.1) is 0 Å². The number of carbonyl (C=O) groups is 1. The maximum Gasteiger partial charge on any atom is 0.310 e. The summed E-state index contributed by atoms with van der Waals surface area (Å²) >= 11 is 0. The minimum atomic E-state index is -3.91. The van der Waals surface area contributed by atoms with Crippen LogP contribution in [0.3, 0.4) is 0 Å². The molecule has 1 aromatic heterocycles. The summed E-state index contributed by atoms with van der Waals surface area (Å²) in [5.74, 6) is -0.682. The number of amides is 1. The van der Waals surface area contributed by atoms with E-state index in [1.54, 1.807) is 30.3 Å². The molecule has 2 aromatic carbocycles. The van der Waals surface area contributed by atoms with Crippen molar-refractivity contribution in [2.24, 2.45) is 0 Å². The monoisotopic (exact) mass is 412 g/mol. The van der Waals surface area contributed by atoms with E-state index in [1.165, 1.54) is 43.6 Å². The lowest BCUT2D eigenvalue weighted by molar-refractivity contribution is -0.384. The molecule has 0 aliphatic carbocycles. The molecule has 3 rings (SSSR count). The number of aromatic nitrogens is 1. The number of hydrogen-bond donors (Lipinski definition) is 1. The lowest BCUT2D eigenvalue weighted by Gasteiger charge is -2.19. The van der Waals surface area contributed by atoms with Crippen molar-refractivity contribution in [1.29, 1.82) is 0 Å². The molecular weight excluding hydrogens is 396 g/mol. The summed E-state index contributed by atoms with van der Waals surface area (Å²) in [6, 6.07) is 15.2. The standard InChI is InChI=1S/C19H16N4O5S/c1-22(15-7-3-2-4-8-15)29(27,28)16-9-5-6-14(12-16)19(24)21-17-10-11-20-13-18(17)23(25)26/h2-13H,1H3,(H,20,21,24). The maximum absolute atomic E-state index is 12.9. The number of nitro groups is 1. The van der Waals surface area contributed by atoms with Crippen molar-refractivity contribution >= 4 is 33.0 Å². The second kappa shape index (κ2) is 8.07. The summed E-state index contributed by atoms with van der Waals surface area (Å²) in [7, 11) is -2.49. The van der Waals surface area contributed by atoms with Gasteiger partial charge in [-0.25, -0.2) is 8.42 Å². The normalized spacial score (nSPS) is 10.9. The van der Waals surface area contributed by atoms with Crippen LogP contribution in [0.15, 0.2) is 78.0 Å². The fraction of sp³-hybridized carbons (Fsp3) is 0.0526. The van der Waals surface area contributed by atoms with Gasteiger partial charge in [-0.05, 0) is 36.4 Å². The van der Waals surface area contributed by atoms with Gasteiger partial charge >= 0.3 is 5.69 Å². The number of nitrogens with zero attached hydrogens (tertiary/aromatic N) is 3. The smallest absolute Gasteiger partial charge is 0.310 e. The molecule has 1 N–H and O–H groups in total. The van der Waals surface area contributed by atoms with E-state index in [1.807, 2.05) is 0 Å². The number of pyridine rings is 1. The van der Waals surface area contributed by atoms with Gasteiger partial charge in [-0.3, -0.25) is 24.2 Å². The largest absolute Gasteiger partial charge is 0.316 e. The van der Waals surface area contributed by atoms with E-state index in [0.29, 0.717) is 5.69 Å². The Balaban J connectivity index is 1.90. The lowest BCUT2D eigenvalue weighted by Crippen LogP contribution is -2.26. The van der Waals surface area contributed by atoms with E-state index in [0.717, 1.165) is 10.5 Å². The Labute approximate surface area is 166 Å². The van der Waals surface area contributed by atoms with Crippen LogP contribution in [0.25, 0.3) is 0 Å². The van der Waals surface area contributed by atoms with Crippen LogP contribution in [0, 0.1) is 10.1 Å². The SMILES string of the molecule is CN(c1ccccc1)S(=O)(=O)c1cccc(C(=O)Nc2ccncc2[N+](=O)[O-])c1. The van der Waals surface area contributed by atoms with E-state index < -0.39 is 20.9 Å². The van der Waals surface area contributed by atoms with Crippen molar-refractivity contribution in [1.82, 2.24) is 4.98 Å². The minimum Gasteiger partial charge on any atom is -0.316 e. The average Bonchev–Trinajstić information content (AvgIpc) is 2.74. The highest BCUT2D eigenvalue weighted by atomic mass is 32.2. The molecule has 1 amide bonds. The molecule has 3 aromatic rings. The van der Waals surface area contributed by atoms with E-state index >= 15 is 0 Å². The van der Waals surface area contributed by atoms with E-state index in [9.17, 15) is 23.3 Å². The number of para-hydroxylation sites is 1. The first-order valence-electron chi connectivity index (χ1n) is 8.34. The van der Waals surface area contributed by atoms with Crippen LogP contribution in [0.4, 0.5) is 17.1 Å². The Kier molecular flexibility index (Phi) is 5.55. The molecule has 0 saturated heterocycles. The van der Waals surface area contributed by atoms with Gasteiger partial charge in [0, 0.05) is 18.8 Å². The summed E-state index contributed by atoms with van der Waals surface area (Å²) in [5, 5.41) is 13.5. The first kappa shape index (κ1) is 20.0. The summed E-state index contributed by atoms with van der Waals surface area (Å²) in [6.07, 6.45) is 2.32. The third-order valence-electron chi connectivity index (χ3n) is 4.12. The van der Waals surface area contributed by atoms with Crippen molar-refractivity contribution in [2.75, 3.05) is 16.7 Å². The molecule has 1 heterocycles. The van der Waals surface area contributed by atoms with Crippen molar-refractivity contribution < 1.29 is 18.1 Å². The fourth-order valence-electron chi connectivity index (χ4n) is 2.56. The Morgan fingerprint density at radius 2 is 1.83 bits per heavy atom. The predicted octanol–water partition coefficient (Wildman–Crippen LogP) is 3.07. The van der Waals surface area contributed by atoms with Gasteiger partial charge in [0.15, 0.2) is 0 Å². The topological polar surface area (TPSA) is 123 Å². The minimum absolute atomic E-state index is 0.0373. The third-order valence-corrected chi connectivity index (χ3v) is 5.90. The molecule has 148 valence electrons. The van der Waals surface area contributed by atoms with Crippen LogP contribution in [0.1, 0.15) is 10.4 Å². The van der Waals surface area contributed by atoms with Gasteiger partial charge in [0.25, 0.3) is 15.9 Å². The van der Waals surface area contributed by atoms with Crippen molar-refractivity contribution in [2.45, 2.75) is 4.90 Å². The average molecular weight is 412 g/mol. The molecule has 0 atom stereocenters. The number of carbonyl (C=O) groups excluding carboxylic acids is 1. The molecule has 0 bridgehead atoms. The van der Waals surface area contributed by atoms with Crippen LogP contribution < -0.4 is 9.62 Å². The van der Waals surface area contributed by atoms with Crippen LogP contribution in [-0.2, 0) is 10.0 Å². The lowest BCUT2D eigenvalue weighted by atomic mass is 10.2. The van der Waals surface area contributed by atoms with E-state index in [2.05, 4.69) is 10.3 Å². The highest BCUT2D eigenvalue weighted by Gasteiger charge is 2.23. The van der Waals surface area contributed by atoms with Gasteiger partial charge in [-0.1, -0.05) is 24.3 Å². The second-order valence-corrected chi connectivity index (χ2v) is 7.91. The van der Waals surface area contributed by atoms with E-state index in [4.69, 9.17) is 0 Å². The molecule has 0 radical (unpaired) electrons. The molecule has 0 aliphatic rings. The third kappa shape index (κ3) is 4.22. The first-order chi connectivity index (χ1) is 13.8. The van der Waals surface area contributed by atoms with E-state index in [-0.39, 0.29) is 21.8 Å². The van der Waals surface area contributed by atoms with Crippen molar-refractivity contribution in [3.8, 4) is 0 Å². The molecule has 9 nitrogen and oxygen atoms in total. The molecule has 0 unspecified atom stereocenters. The van der Waals surface area contributed by atoms with Crippen molar-refractivity contribution in [3.63, 3.8) is 0 Å². The number of rotatable bonds is 6. The van der Waals surface area contributed by atoms with Crippen LogP contribution in [-0.4, -0.2) is 31.3 Å². The molecule has 10 heteroatoms. The molecule has 0 spiro atoms. The zero-order valence-corrected chi connectivity index (χ0v) is 16.0. The molecular formula is C19H16N4O5S. The number of nitrogens with one attached hydrogen (secondary N) is 1. The van der Waals surface area contributed by atoms with Crippen LogP contribution in [0.2, 0.25) is 0 Å².